The van der Waals surface area contributed by atoms with E-state index in [0.29, 0.717) is 11.9 Å². The van der Waals surface area contributed by atoms with Gasteiger partial charge >= 0.3 is 5.69 Å². The van der Waals surface area contributed by atoms with E-state index in [0.717, 1.165) is 50.2 Å². The molecule has 0 saturated carbocycles. The second kappa shape index (κ2) is 8.23. The van der Waals surface area contributed by atoms with Crippen LogP contribution >= 0.6 is 0 Å². The highest BCUT2D eigenvalue weighted by Crippen LogP contribution is 2.23. The minimum Gasteiger partial charge on any atom is -0.314 e. The maximum absolute atomic E-state index is 12.8. The van der Waals surface area contributed by atoms with Crippen molar-refractivity contribution in [3.05, 3.63) is 34.2 Å². The van der Waals surface area contributed by atoms with Gasteiger partial charge in [-0.25, -0.2) is 4.79 Å². The van der Waals surface area contributed by atoms with Crippen molar-refractivity contribution in [1.29, 1.82) is 0 Å². The molecule has 2 fully saturated rings. The number of piperazine rings is 1. The van der Waals surface area contributed by atoms with Crippen LogP contribution in [-0.2, 0) is 16.6 Å². The number of fused-ring (bicyclic) bond motifs is 1. The Hall–Kier alpha value is -2.89. The number of piperidine rings is 1. The molecule has 2 N–H and O–H groups in total. The summed E-state index contributed by atoms with van der Waals surface area (Å²) in [5.74, 6) is 5.69. The highest BCUT2D eigenvalue weighted by molar-refractivity contribution is 6.00. The van der Waals surface area contributed by atoms with Gasteiger partial charge < -0.3 is 5.32 Å². The van der Waals surface area contributed by atoms with Crippen molar-refractivity contribution < 1.29 is 9.59 Å². The summed E-state index contributed by atoms with van der Waals surface area (Å²) in [6.07, 6.45) is 1.36. The fourth-order valence-electron chi connectivity index (χ4n) is 3.98. The van der Waals surface area contributed by atoms with Crippen molar-refractivity contribution in [1.82, 2.24) is 24.7 Å². The predicted molar refractivity (Wildman–Crippen MR) is 109 cm³/mol. The molecule has 2 aliphatic heterocycles. The molecule has 8 heteroatoms. The van der Waals surface area contributed by atoms with Gasteiger partial charge in [0.25, 0.3) is 0 Å². The van der Waals surface area contributed by atoms with Crippen LogP contribution in [0.25, 0.3) is 11.0 Å². The minimum absolute atomic E-state index is 0.232. The van der Waals surface area contributed by atoms with Crippen molar-refractivity contribution in [2.75, 3.05) is 32.7 Å². The van der Waals surface area contributed by atoms with Crippen LogP contribution in [0, 0.1) is 11.8 Å². The second-order valence-electron chi connectivity index (χ2n) is 7.53. The van der Waals surface area contributed by atoms with Crippen LogP contribution < -0.4 is 16.3 Å². The molecule has 2 aromatic rings. The molecule has 0 radical (unpaired) electrons. The molecule has 2 amide bonds. The third kappa shape index (κ3) is 3.97. The maximum atomic E-state index is 12.8. The monoisotopic (exact) mass is 395 g/mol. The number of aryl methyl sites for hydroxylation is 1. The quantitative estimate of drug-likeness (QED) is 0.563. The zero-order valence-electron chi connectivity index (χ0n) is 16.5. The molecule has 1 atom stereocenters. The highest BCUT2D eigenvalue weighted by atomic mass is 16.2. The first-order valence-corrected chi connectivity index (χ1v) is 10.0. The molecule has 8 nitrogen and oxygen atoms in total. The van der Waals surface area contributed by atoms with Crippen LogP contribution in [0.15, 0.2) is 23.0 Å². The first-order chi connectivity index (χ1) is 14.0. The van der Waals surface area contributed by atoms with E-state index in [2.05, 4.69) is 27.4 Å². The van der Waals surface area contributed by atoms with E-state index in [9.17, 15) is 14.4 Å². The Morgan fingerprint density at radius 3 is 2.69 bits per heavy atom. The fraction of sp³-hybridized carbons (Fsp3) is 0.476. The van der Waals surface area contributed by atoms with E-state index in [1.54, 1.807) is 7.05 Å². The van der Waals surface area contributed by atoms with Gasteiger partial charge in [0.15, 0.2) is 0 Å². The molecule has 0 bridgehead atoms. The van der Waals surface area contributed by atoms with Crippen molar-refractivity contribution >= 4 is 22.8 Å². The lowest BCUT2D eigenvalue weighted by Crippen LogP contribution is -2.44. The molecular formula is C21H25N5O3. The van der Waals surface area contributed by atoms with Crippen LogP contribution in [0.5, 0.6) is 0 Å². The number of imide groups is 1. The zero-order valence-corrected chi connectivity index (χ0v) is 16.5. The number of rotatable bonds is 3. The Morgan fingerprint density at radius 1 is 1.14 bits per heavy atom. The third-order valence-electron chi connectivity index (χ3n) is 5.61. The van der Waals surface area contributed by atoms with Gasteiger partial charge in [-0.3, -0.25) is 28.9 Å². The van der Waals surface area contributed by atoms with Crippen LogP contribution in [-0.4, -0.2) is 58.6 Å². The molecule has 3 heterocycles. The van der Waals surface area contributed by atoms with Crippen molar-refractivity contribution in [2.45, 2.75) is 25.3 Å². The number of carbonyl (C=O) groups is 2. The molecule has 0 spiro atoms. The lowest BCUT2D eigenvalue weighted by atomic mass is 10.1. The number of nitrogens with zero attached hydrogens (tertiary/aromatic N) is 3. The van der Waals surface area contributed by atoms with Crippen LogP contribution in [0.2, 0.25) is 0 Å². The molecule has 152 valence electrons. The van der Waals surface area contributed by atoms with E-state index in [4.69, 9.17) is 0 Å². The molecule has 1 unspecified atom stereocenters. The molecule has 29 heavy (non-hydrogen) atoms. The molecule has 0 aliphatic carbocycles. The first-order valence-electron chi connectivity index (χ1n) is 10.0. The molecule has 1 aromatic carbocycles. The molecule has 1 aromatic heterocycles. The number of carbonyl (C=O) groups excluding carboxylic acids is 2. The van der Waals surface area contributed by atoms with Crippen LogP contribution in [0.1, 0.15) is 30.9 Å². The average Bonchev–Trinajstić information content (AvgIpc) is 2.97. The lowest BCUT2D eigenvalue weighted by Gasteiger charge is -2.26. The maximum Gasteiger partial charge on any atom is 0.329 e. The average molecular weight is 395 g/mol. The Balaban J connectivity index is 1.55. The number of imidazole rings is 1. The van der Waals surface area contributed by atoms with Crippen LogP contribution in [0.4, 0.5) is 0 Å². The van der Waals surface area contributed by atoms with Gasteiger partial charge in [0.1, 0.15) is 6.04 Å². The summed E-state index contributed by atoms with van der Waals surface area (Å²) in [6, 6.07) is 4.93. The van der Waals surface area contributed by atoms with Gasteiger partial charge in [-0.05, 0) is 24.6 Å². The summed E-state index contributed by atoms with van der Waals surface area (Å²) in [5, 5.41) is 5.66. The summed E-state index contributed by atoms with van der Waals surface area (Å²) in [7, 11) is 1.69. The normalized spacial score (nSPS) is 20.4. The number of hydrogen-bond donors (Lipinski definition) is 2. The number of benzene rings is 1. The summed E-state index contributed by atoms with van der Waals surface area (Å²) >= 11 is 0. The largest absolute Gasteiger partial charge is 0.329 e. The number of aromatic nitrogens is 2. The number of hydrogen-bond acceptors (Lipinski definition) is 5. The lowest BCUT2D eigenvalue weighted by molar-refractivity contribution is -0.135. The first kappa shape index (κ1) is 19.4. The van der Waals surface area contributed by atoms with E-state index >= 15 is 0 Å². The smallest absolute Gasteiger partial charge is 0.314 e. The fourth-order valence-corrected chi connectivity index (χ4v) is 3.98. The van der Waals surface area contributed by atoms with Gasteiger partial charge in [0, 0.05) is 58.2 Å². The van der Waals surface area contributed by atoms with Gasteiger partial charge in [-0.1, -0.05) is 11.8 Å². The molecule has 2 aliphatic rings. The van der Waals surface area contributed by atoms with Crippen molar-refractivity contribution in [2.24, 2.45) is 7.05 Å². The van der Waals surface area contributed by atoms with Crippen LogP contribution in [0.3, 0.4) is 0 Å². The minimum atomic E-state index is -0.667. The topological polar surface area (TPSA) is 88.4 Å². The Bertz CT molecular complexity index is 1070. The summed E-state index contributed by atoms with van der Waals surface area (Å²) in [4.78, 5) is 38.9. The van der Waals surface area contributed by atoms with Gasteiger partial charge in [-0.2, -0.15) is 0 Å². The Kier molecular flexibility index (Phi) is 5.51. The highest BCUT2D eigenvalue weighted by Gasteiger charge is 2.31. The molecule has 2 saturated heterocycles. The van der Waals surface area contributed by atoms with Crippen molar-refractivity contribution in [3.8, 4) is 11.8 Å². The van der Waals surface area contributed by atoms with E-state index < -0.39 is 11.9 Å². The molecular weight excluding hydrogens is 370 g/mol. The van der Waals surface area contributed by atoms with Crippen molar-refractivity contribution in [3.63, 3.8) is 0 Å². The summed E-state index contributed by atoms with van der Waals surface area (Å²) in [5.41, 5.74) is 1.99. The Morgan fingerprint density at radius 2 is 1.93 bits per heavy atom. The number of nitrogens with one attached hydrogen (secondary N) is 2. The van der Waals surface area contributed by atoms with Gasteiger partial charge in [0.05, 0.1) is 11.0 Å². The summed E-state index contributed by atoms with van der Waals surface area (Å²) in [6.45, 7) is 5.14. The molecule has 4 rings (SSSR count). The SMILES string of the molecule is Cn1c(=O)n(C2CCC(=O)NC2=O)c2ccc(C#CCCN3CCNCC3)cc21. The Labute approximate surface area is 168 Å². The summed E-state index contributed by atoms with van der Waals surface area (Å²) < 4.78 is 3.02. The van der Waals surface area contributed by atoms with E-state index in [1.165, 1.54) is 9.13 Å². The predicted octanol–water partition coefficient (Wildman–Crippen LogP) is -0.0355. The van der Waals surface area contributed by atoms with E-state index in [1.807, 2.05) is 18.2 Å². The standard InChI is InChI=1S/C21H25N5O3/c1-24-18-14-15(4-2-3-11-25-12-9-22-10-13-25)5-6-16(18)26(21(24)29)17-7-8-19(27)23-20(17)28/h5-6,14,17,22H,3,7-13H2,1H3,(H,23,27,28). The van der Waals surface area contributed by atoms with Gasteiger partial charge in [0.2, 0.25) is 11.8 Å². The number of amides is 2. The van der Waals surface area contributed by atoms with Gasteiger partial charge in [-0.15, -0.1) is 0 Å². The second-order valence-corrected chi connectivity index (χ2v) is 7.53. The zero-order chi connectivity index (χ0) is 20.4. The van der Waals surface area contributed by atoms with E-state index in [-0.39, 0.29) is 18.0 Å². The third-order valence-corrected chi connectivity index (χ3v) is 5.61.